The van der Waals surface area contributed by atoms with Gasteiger partial charge in [0.1, 0.15) is 0 Å². The van der Waals surface area contributed by atoms with Crippen LogP contribution in [-0.4, -0.2) is 16.5 Å². The minimum Gasteiger partial charge on any atom is -0.368 e. The molecular weight excluding hydrogens is 248 g/mol. The first kappa shape index (κ1) is 19.9. The van der Waals surface area contributed by atoms with Crippen LogP contribution in [0.25, 0.3) is 0 Å². The van der Waals surface area contributed by atoms with Gasteiger partial charge in [0.15, 0.2) is 6.29 Å². The van der Waals surface area contributed by atoms with E-state index in [2.05, 4.69) is 6.92 Å². The zero-order valence-corrected chi connectivity index (χ0v) is 13.8. The molecule has 0 bridgehead atoms. The normalized spacial score (nSPS) is 11.4. The van der Waals surface area contributed by atoms with Crippen molar-refractivity contribution in [1.82, 2.24) is 0 Å². The van der Waals surface area contributed by atoms with Gasteiger partial charge in [-0.1, -0.05) is 96.8 Å². The van der Waals surface area contributed by atoms with E-state index in [9.17, 15) is 0 Å². The number of aliphatic hydroxyl groups is 2. The highest BCUT2D eigenvalue weighted by Crippen LogP contribution is 2.13. The van der Waals surface area contributed by atoms with E-state index in [1.165, 1.54) is 83.5 Å². The van der Waals surface area contributed by atoms with Crippen LogP contribution in [0.5, 0.6) is 0 Å². The lowest BCUT2D eigenvalue weighted by Gasteiger charge is -2.04. The van der Waals surface area contributed by atoms with Crippen molar-refractivity contribution in [3.05, 3.63) is 0 Å². The number of hydrogen-bond acceptors (Lipinski definition) is 2. The van der Waals surface area contributed by atoms with E-state index in [-0.39, 0.29) is 0 Å². The minimum absolute atomic E-state index is 0.540. The maximum absolute atomic E-state index is 8.71. The predicted molar refractivity (Wildman–Crippen MR) is 87.8 cm³/mol. The summed E-state index contributed by atoms with van der Waals surface area (Å²) in [5, 5.41) is 17.4. The second-order valence-corrected chi connectivity index (χ2v) is 6.22. The lowest BCUT2D eigenvalue weighted by Crippen LogP contribution is -2.02. The third-order valence-electron chi connectivity index (χ3n) is 4.07. The Labute approximate surface area is 127 Å². The molecule has 0 aliphatic rings. The van der Waals surface area contributed by atoms with Crippen molar-refractivity contribution in [2.45, 2.75) is 116 Å². The van der Waals surface area contributed by atoms with Gasteiger partial charge in [-0.3, -0.25) is 0 Å². The Morgan fingerprint density at radius 2 is 0.800 bits per heavy atom. The lowest BCUT2D eigenvalue weighted by molar-refractivity contribution is -0.0466. The molecular formula is C18H38O2. The summed E-state index contributed by atoms with van der Waals surface area (Å²) >= 11 is 0. The highest BCUT2D eigenvalue weighted by Gasteiger charge is 1.97. The smallest absolute Gasteiger partial charge is 0.151 e. The van der Waals surface area contributed by atoms with Crippen LogP contribution in [0.1, 0.15) is 110 Å². The average Bonchev–Trinajstić information content (AvgIpc) is 2.43. The lowest BCUT2D eigenvalue weighted by atomic mass is 10.0. The Hall–Kier alpha value is -0.0800. The van der Waals surface area contributed by atoms with E-state index < -0.39 is 6.29 Å². The Morgan fingerprint density at radius 1 is 0.500 bits per heavy atom. The summed E-state index contributed by atoms with van der Waals surface area (Å²) in [6, 6.07) is 0. The molecule has 0 amide bonds. The van der Waals surface area contributed by atoms with Crippen LogP contribution in [0.2, 0.25) is 0 Å². The third kappa shape index (κ3) is 17.9. The molecule has 0 aliphatic carbocycles. The zero-order valence-electron chi connectivity index (χ0n) is 13.8. The van der Waals surface area contributed by atoms with Crippen molar-refractivity contribution in [2.24, 2.45) is 0 Å². The van der Waals surface area contributed by atoms with E-state index >= 15 is 0 Å². The summed E-state index contributed by atoms with van der Waals surface area (Å²) < 4.78 is 0. The van der Waals surface area contributed by atoms with E-state index in [4.69, 9.17) is 10.2 Å². The Bertz CT molecular complexity index is 169. The third-order valence-corrected chi connectivity index (χ3v) is 4.07. The summed E-state index contributed by atoms with van der Waals surface area (Å²) in [5.41, 5.74) is 0. The zero-order chi connectivity index (χ0) is 14.9. The van der Waals surface area contributed by atoms with Crippen LogP contribution in [0.4, 0.5) is 0 Å². The topological polar surface area (TPSA) is 40.5 Å². The maximum Gasteiger partial charge on any atom is 0.151 e. The monoisotopic (exact) mass is 286 g/mol. The molecule has 0 fully saturated rings. The molecule has 2 heteroatoms. The first-order valence-corrected chi connectivity index (χ1v) is 9.13. The molecule has 2 nitrogen and oxygen atoms in total. The van der Waals surface area contributed by atoms with Crippen LogP contribution in [-0.2, 0) is 0 Å². The highest BCUT2D eigenvalue weighted by atomic mass is 16.5. The second-order valence-electron chi connectivity index (χ2n) is 6.22. The standard InChI is InChI=1S/C18H38O2/c1-2-3-4-5-6-7-8-9-10-11-12-13-14-15-16-17-18(19)20/h18-20H,2-17H2,1H3. The van der Waals surface area contributed by atoms with Crippen LogP contribution in [0.3, 0.4) is 0 Å². The fourth-order valence-electron chi connectivity index (χ4n) is 2.70. The summed E-state index contributed by atoms with van der Waals surface area (Å²) in [6.07, 6.45) is 19.6. The van der Waals surface area contributed by atoms with Crippen molar-refractivity contribution in [2.75, 3.05) is 0 Å². The van der Waals surface area contributed by atoms with Crippen molar-refractivity contribution in [1.29, 1.82) is 0 Å². The van der Waals surface area contributed by atoms with Crippen molar-refractivity contribution < 1.29 is 10.2 Å². The molecule has 0 heterocycles. The first-order valence-electron chi connectivity index (χ1n) is 9.13. The average molecular weight is 286 g/mol. The predicted octanol–water partition coefficient (Wildman–Crippen LogP) is 5.56. The van der Waals surface area contributed by atoms with Crippen LogP contribution in [0.15, 0.2) is 0 Å². The molecule has 0 unspecified atom stereocenters. The minimum atomic E-state index is -1.10. The second kappa shape index (κ2) is 17.0. The largest absolute Gasteiger partial charge is 0.368 e. The van der Waals surface area contributed by atoms with Crippen molar-refractivity contribution in [3.8, 4) is 0 Å². The first-order chi connectivity index (χ1) is 9.77. The van der Waals surface area contributed by atoms with Crippen molar-refractivity contribution in [3.63, 3.8) is 0 Å². The van der Waals surface area contributed by atoms with Crippen LogP contribution in [0, 0.1) is 0 Å². The molecule has 0 rings (SSSR count). The van der Waals surface area contributed by atoms with Gasteiger partial charge in [-0.25, -0.2) is 0 Å². The van der Waals surface area contributed by atoms with Gasteiger partial charge in [0, 0.05) is 0 Å². The Morgan fingerprint density at radius 3 is 1.10 bits per heavy atom. The summed E-state index contributed by atoms with van der Waals surface area (Å²) in [5.74, 6) is 0. The van der Waals surface area contributed by atoms with Gasteiger partial charge >= 0.3 is 0 Å². The fourth-order valence-corrected chi connectivity index (χ4v) is 2.70. The van der Waals surface area contributed by atoms with E-state index in [0.717, 1.165) is 12.8 Å². The summed E-state index contributed by atoms with van der Waals surface area (Å²) in [4.78, 5) is 0. The summed E-state index contributed by atoms with van der Waals surface area (Å²) in [6.45, 7) is 2.27. The number of unbranched alkanes of at least 4 members (excludes halogenated alkanes) is 14. The van der Waals surface area contributed by atoms with Gasteiger partial charge in [-0.05, 0) is 12.8 Å². The SMILES string of the molecule is CCCCCCCCCCCCCCCCCC(O)O. The van der Waals surface area contributed by atoms with Gasteiger partial charge < -0.3 is 10.2 Å². The van der Waals surface area contributed by atoms with Gasteiger partial charge in [-0.15, -0.1) is 0 Å². The molecule has 0 spiro atoms. The fraction of sp³-hybridized carbons (Fsp3) is 1.00. The van der Waals surface area contributed by atoms with E-state index in [0.29, 0.717) is 6.42 Å². The Balaban J connectivity index is 2.92. The number of hydrogen-bond donors (Lipinski definition) is 2. The van der Waals surface area contributed by atoms with E-state index in [1.807, 2.05) is 0 Å². The molecule has 0 aromatic heterocycles. The van der Waals surface area contributed by atoms with Gasteiger partial charge in [0.2, 0.25) is 0 Å². The molecule has 0 aromatic rings. The quantitative estimate of drug-likeness (QED) is 0.288. The molecule has 0 aromatic carbocycles. The van der Waals surface area contributed by atoms with Gasteiger partial charge in [-0.2, -0.15) is 0 Å². The Kier molecular flexibility index (Phi) is 16.9. The maximum atomic E-state index is 8.71. The van der Waals surface area contributed by atoms with Gasteiger partial charge in [0.25, 0.3) is 0 Å². The van der Waals surface area contributed by atoms with Crippen LogP contribution < -0.4 is 0 Å². The molecule has 122 valence electrons. The van der Waals surface area contributed by atoms with Crippen LogP contribution >= 0.6 is 0 Å². The molecule has 0 saturated carbocycles. The molecule has 0 saturated heterocycles. The summed E-state index contributed by atoms with van der Waals surface area (Å²) in [7, 11) is 0. The van der Waals surface area contributed by atoms with E-state index in [1.54, 1.807) is 0 Å². The number of rotatable bonds is 16. The van der Waals surface area contributed by atoms with Crippen molar-refractivity contribution >= 4 is 0 Å². The number of aliphatic hydroxyl groups excluding tert-OH is 1. The molecule has 0 radical (unpaired) electrons. The highest BCUT2D eigenvalue weighted by molar-refractivity contribution is 4.50. The molecule has 2 N–H and O–H groups in total. The molecule has 0 atom stereocenters. The molecule has 0 aliphatic heterocycles. The molecule has 20 heavy (non-hydrogen) atoms. The van der Waals surface area contributed by atoms with Gasteiger partial charge in [0.05, 0.1) is 0 Å².